The van der Waals surface area contributed by atoms with Gasteiger partial charge in [0.05, 0.1) is 23.1 Å². The van der Waals surface area contributed by atoms with E-state index < -0.39 is 9.84 Å². The van der Waals surface area contributed by atoms with E-state index in [1.54, 1.807) is 23.2 Å². The minimum Gasteiger partial charge on any atom is -0.361 e. The summed E-state index contributed by atoms with van der Waals surface area (Å²) in [6, 6.07) is 3.08. The van der Waals surface area contributed by atoms with Gasteiger partial charge in [0.1, 0.15) is 11.8 Å². The van der Waals surface area contributed by atoms with Gasteiger partial charge in [0, 0.05) is 31.5 Å². The summed E-state index contributed by atoms with van der Waals surface area (Å²) in [5.74, 6) is 1.03. The van der Waals surface area contributed by atoms with Crippen molar-refractivity contribution in [1.29, 1.82) is 0 Å². The van der Waals surface area contributed by atoms with E-state index in [1.165, 1.54) is 12.3 Å². The molecule has 4 heterocycles. The van der Waals surface area contributed by atoms with Crippen molar-refractivity contribution >= 4 is 26.8 Å². The first-order chi connectivity index (χ1) is 16.8. The summed E-state index contributed by atoms with van der Waals surface area (Å²) in [5.41, 5.74) is 3.88. The number of fused-ring (bicyclic) bond motifs is 1. The van der Waals surface area contributed by atoms with Crippen molar-refractivity contribution in [3.63, 3.8) is 0 Å². The van der Waals surface area contributed by atoms with E-state index in [9.17, 15) is 13.2 Å². The predicted molar refractivity (Wildman–Crippen MR) is 130 cm³/mol. The van der Waals surface area contributed by atoms with Gasteiger partial charge in [0.2, 0.25) is 0 Å². The van der Waals surface area contributed by atoms with Crippen molar-refractivity contribution in [3.8, 4) is 11.4 Å². The van der Waals surface area contributed by atoms with Crippen molar-refractivity contribution in [1.82, 2.24) is 34.5 Å². The van der Waals surface area contributed by atoms with Crippen LogP contribution in [0.1, 0.15) is 42.6 Å². The van der Waals surface area contributed by atoms with Crippen molar-refractivity contribution in [2.24, 2.45) is 0 Å². The third-order valence-electron chi connectivity index (χ3n) is 5.89. The van der Waals surface area contributed by atoms with Crippen LogP contribution in [0.15, 0.2) is 40.7 Å². The molecule has 4 aromatic heterocycles. The Balaban J connectivity index is 1.50. The van der Waals surface area contributed by atoms with Gasteiger partial charge in [0.15, 0.2) is 32.2 Å². The Bertz CT molecular complexity index is 1600. The monoisotopic (exact) mass is 492 g/mol. The van der Waals surface area contributed by atoms with Crippen LogP contribution in [0.5, 0.6) is 0 Å². The van der Waals surface area contributed by atoms with Crippen LogP contribution in [-0.2, 0) is 22.9 Å². The summed E-state index contributed by atoms with van der Waals surface area (Å²) in [5, 5.41) is 3.03. The van der Waals surface area contributed by atoms with E-state index in [0.717, 1.165) is 36.0 Å². The zero-order valence-corrected chi connectivity index (χ0v) is 20.4. The van der Waals surface area contributed by atoms with E-state index in [1.807, 2.05) is 13.8 Å². The van der Waals surface area contributed by atoms with Gasteiger partial charge < -0.3 is 5.32 Å². The largest absolute Gasteiger partial charge is 0.361 e. The summed E-state index contributed by atoms with van der Waals surface area (Å²) >= 11 is 0. The Kier molecular flexibility index (Phi) is 5.75. The second kappa shape index (κ2) is 8.77. The number of hydrogen-bond donors (Lipinski definition) is 1. The molecule has 0 saturated heterocycles. The number of nitrogens with zero attached hydrogens (tertiary/aromatic N) is 7. The molecule has 1 aliphatic carbocycles. The standard InChI is InChI=1S/C23H24N8O3S/c1-4-31-22-16(11-26-20(30-22)18-13(2)27-12-28-19(18)15-6-7-15)29-21(23(31)32)25-10-14-5-8-17(24-9-14)35(3,33)34/h5,8-9,11-12,15H,4,6-7,10H2,1-3H3,(H,25,29). The maximum Gasteiger partial charge on any atom is 0.294 e. The quantitative estimate of drug-likeness (QED) is 0.407. The van der Waals surface area contributed by atoms with Crippen molar-refractivity contribution in [2.75, 3.05) is 11.6 Å². The number of sulfone groups is 1. The molecule has 0 aliphatic heterocycles. The molecule has 0 spiro atoms. The fraction of sp³-hybridized carbons (Fsp3) is 0.348. The number of aryl methyl sites for hydroxylation is 2. The van der Waals surface area contributed by atoms with E-state index in [-0.39, 0.29) is 22.9 Å². The zero-order chi connectivity index (χ0) is 24.7. The van der Waals surface area contributed by atoms with Crippen molar-refractivity contribution in [3.05, 3.63) is 58.2 Å². The van der Waals surface area contributed by atoms with Crippen molar-refractivity contribution < 1.29 is 8.42 Å². The van der Waals surface area contributed by atoms with Crippen LogP contribution in [0, 0.1) is 6.92 Å². The minimum absolute atomic E-state index is 0.00438. The third-order valence-corrected chi connectivity index (χ3v) is 6.89. The van der Waals surface area contributed by atoms with Crippen LogP contribution in [0.4, 0.5) is 5.82 Å². The van der Waals surface area contributed by atoms with Gasteiger partial charge >= 0.3 is 0 Å². The van der Waals surface area contributed by atoms with Crippen LogP contribution in [0.3, 0.4) is 0 Å². The second-order valence-corrected chi connectivity index (χ2v) is 10.5. The molecule has 4 aromatic rings. The summed E-state index contributed by atoms with van der Waals surface area (Å²) < 4.78 is 24.8. The zero-order valence-electron chi connectivity index (χ0n) is 19.6. The minimum atomic E-state index is -3.38. The van der Waals surface area contributed by atoms with Gasteiger partial charge in [0.25, 0.3) is 5.56 Å². The smallest absolute Gasteiger partial charge is 0.294 e. The molecule has 1 aliphatic rings. The molecule has 1 saturated carbocycles. The maximum atomic E-state index is 13.2. The Hall–Kier alpha value is -3.80. The second-order valence-electron chi connectivity index (χ2n) is 8.54. The highest BCUT2D eigenvalue weighted by atomic mass is 32.2. The molecule has 11 nitrogen and oxygen atoms in total. The molecular formula is C23H24N8O3S. The number of aromatic nitrogens is 7. The van der Waals surface area contributed by atoms with Gasteiger partial charge in [-0.25, -0.2) is 38.3 Å². The van der Waals surface area contributed by atoms with Gasteiger partial charge in [-0.15, -0.1) is 0 Å². The molecule has 1 N–H and O–H groups in total. The fourth-order valence-electron chi connectivity index (χ4n) is 3.92. The Labute approximate surface area is 201 Å². The topological polar surface area (TPSA) is 146 Å². The Morgan fingerprint density at radius 3 is 2.54 bits per heavy atom. The first-order valence-electron chi connectivity index (χ1n) is 11.2. The van der Waals surface area contributed by atoms with E-state index in [4.69, 9.17) is 4.98 Å². The number of anilines is 1. The summed E-state index contributed by atoms with van der Waals surface area (Å²) in [6.07, 6.45) is 7.91. The lowest BCUT2D eigenvalue weighted by molar-refractivity contribution is 0.598. The average Bonchev–Trinajstić information content (AvgIpc) is 3.68. The maximum absolute atomic E-state index is 13.2. The van der Waals surface area contributed by atoms with Crippen LogP contribution < -0.4 is 10.9 Å². The SMILES string of the molecule is CCn1c(=O)c(NCc2ccc(S(C)(=O)=O)nc2)nc2cnc(-c3c(C)ncnc3C3CC3)nc21. The predicted octanol–water partition coefficient (Wildman–Crippen LogP) is 2.26. The molecule has 0 atom stereocenters. The Morgan fingerprint density at radius 1 is 1.09 bits per heavy atom. The first kappa shape index (κ1) is 23.0. The normalized spacial score (nSPS) is 13.8. The van der Waals surface area contributed by atoms with Crippen LogP contribution in [-0.4, -0.2) is 49.1 Å². The van der Waals surface area contributed by atoms with Gasteiger partial charge in [-0.3, -0.25) is 9.36 Å². The highest BCUT2D eigenvalue weighted by Gasteiger charge is 2.30. The van der Waals surface area contributed by atoms with E-state index in [2.05, 4.69) is 30.2 Å². The first-order valence-corrected chi connectivity index (χ1v) is 13.1. The fourth-order valence-corrected chi connectivity index (χ4v) is 4.48. The molecule has 0 unspecified atom stereocenters. The van der Waals surface area contributed by atoms with Gasteiger partial charge in [-0.1, -0.05) is 6.07 Å². The molecule has 35 heavy (non-hydrogen) atoms. The molecule has 180 valence electrons. The lowest BCUT2D eigenvalue weighted by Crippen LogP contribution is -2.25. The number of hydrogen-bond acceptors (Lipinski definition) is 10. The molecule has 0 radical (unpaired) electrons. The van der Waals surface area contributed by atoms with Crippen LogP contribution in [0.2, 0.25) is 0 Å². The summed E-state index contributed by atoms with van der Waals surface area (Å²) in [4.78, 5) is 39.7. The molecule has 0 aromatic carbocycles. The average molecular weight is 493 g/mol. The third kappa shape index (κ3) is 4.48. The highest BCUT2D eigenvalue weighted by Crippen LogP contribution is 2.43. The summed E-state index contributed by atoms with van der Waals surface area (Å²) in [7, 11) is -3.38. The van der Waals surface area contributed by atoms with Crippen LogP contribution in [0.25, 0.3) is 22.6 Å². The number of rotatable bonds is 7. The molecule has 5 rings (SSSR count). The van der Waals surface area contributed by atoms with Crippen LogP contribution >= 0.6 is 0 Å². The summed E-state index contributed by atoms with van der Waals surface area (Å²) in [6.45, 7) is 4.42. The molecular weight excluding hydrogens is 468 g/mol. The Morgan fingerprint density at radius 2 is 1.89 bits per heavy atom. The van der Waals surface area contributed by atoms with E-state index >= 15 is 0 Å². The lowest BCUT2D eigenvalue weighted by Gasteiger charge is -2.13. The molecule has 1 fully saturated rings. The number of nitrogens with one attached hydrogen (secondary N) is 1. The van der Waals surface area contributed by atoms with E-state index in [0.29, 0.717) is 35.0 Å². The van der Waals surface area contributed by atoms with Gasteiger partial charge in [-0.05, 0) is 38.3 Å². The molecule has 0 amide bonds. The molecule has 0 bridgehead atoms. The van der Waals surface area contributed by atoms with Gasteiger partial charge in [-0.2, -0.15) is 0 Å². The number of pyridine rings is 1. The molecule has 12 heteroatoms. The highest BCUT2D eigenvalue weighted by molar-refractivity contribution is 7.90. The lowest BCUT2D eigenvalue weighted by atomic mass is 10.1. The van der Waals surface area contributed by atoms with Crippen molar-refractivity contribution in [2.45, 2.75) is 50.7 Å².